The first kappa shape index (κ1) is 6.98. The third-order valence-corrected chi connectivity index (χ3v) is 1.01. The summed E-state index contributed by atoms with van der Waals surface area (Å²) >= 11 is 1.23. The summed E-state index contributed by atoms with van der Waals surface area (Å²) in [7, 11) is 1.62. The van der Waals surface area contributed by atoms with Crippen molar-refractivity contribution in [1.29, 1.82) is 0 Å². The smallest absolute Gasteiger partial charge is 0.176 e. The fourth-order valence-corrected chi connectivity index (χ4v) is 0.539. The van der Waals surface area contributed by atoms with E-state index in [1.807, 2.05) is 0 Å². The van der Waals surface area contributed by atoms with Crippen molar-refractivity contribution in [3.05, 3.63) is 0 Å². The first-order chi connectivity index (χ1) is 3.41. The van der Waals surface area contributed by atoms with Gasteiger partial charge in [0.1, 0.15) is 0 Å². The van der Waals surface area contributed by atoms with Gasteiger partial charge < -0.3 is 4.74 Å². The average molecular weight is 120 g/mol. The number of hydrogen-bond acceptors (Lipinski definition) is 3. The Morgan fingerprint density at radius 1 is 1.86 bits per heavy atom. The maximum Gasteiger partial charge on any atom is 0.176 e. The maximum atomic E-state index is 9.59. The van der Waals surface area contributed by atoms with Crippen molar-refractivity contribution in [1.82, 2.24) is 0 Å². The molecule has 0 aromatic rings. The lowest BCUT2D eigenvalue weighted by atomic mass is 10.9. The fourth-order valence-electron chi connectivity index (χ4n) is 0.180. The van der Waals surface area contributed by atoms with E-state index in [1.165, 1.54) is 11.8 Å². The number of ether oxygens (including phenoxy) is 1. The Labute approximate surface area is 47.2 Å². The molecule has 0 heterocycles. The van der Waals surface area contributed by atoms with Gasteiger partial charge >= 0.3 is 0 Å². The number of methoxy groups -OCH3 is 1. The molecule has 0 fully saturated rings. The van der Waals surface area contributed by atoms with Gasteiger partial charge in [0, 0.05) is 12.9 Å². The number of thioether (sulfide) groups is 1. The van der Waals surface area contributed by atoms with Crippen molar-refractivity contribution in [3.63, 3.8) is 0 Å². The molecule has 0 rings (SSSR count). The SMILES string of the molecule is COCCSC=O. The van der Waals surface area contributed by atoms with Crippen LogP contribution in [0.25, 0.3) is 0 Å². The van der Waals surface area contributed by atoms with Gasteiger partial charge in [-0.1, -0.05) is 11.8 Å². The van der Waals surface area contributed by atoms with E-state index in [2.05, 4.69) is 4.74 Å². The Kier molecular flexibility index (Phi) is 5.96. The van der Waals surface area contributed by atoms with E-state index in [1.54, 1.807) is 7.11 Å². The molecule has 0 spiro atoms. The first-order valence-electron chi connectivity index (χ1n) is 1.96. The van der Waals surface area contributed by atoms with Gasteiger partial charge in [0.15, 0.2) is 5.62 Å². The van der Waals surface area contributed by atoms with Crippen molar-refractivity contribution in [3.8, 4) is 0 Å². The van der Waals surface area contributed by atoms with Crippen molar-refractivity contribution in [2.75, 3.05) is 19.5 Å². The molecule has 0 radical (unpaired) electrons. The number of hydrogen-bond donors (Lipinski definition) is 0. The van der Waals surface area contributed by atoms with E-state index in [4.69, 9.17) is 0 Å². The maximum absolute atomic E-state index is 9.59. The van der Waals surface area contributed by atoms with Gasteiger partial charge in [-0.3, -0.25) is 4.79 Å². The van der Waals surface area contributed by atoms with Crippen molar-refractivity contribution >= 4 is 17.4 Å². The molecule has 0 aromatic carbocycles. The normalized spacial score (nSPS) is 8.71. The number of carbonyl (C=O) groups excluding carboxylic acids is 1. The van der Waals surface area contributed by atoms with Crippen LogP contribution < -0.4 is 0 Å². The van der Waals surface area contributed by atoms with Gasteiger partial charge in [0.05, 0.1) is 6.61 Å². The van der Waals surface area contributed by atoms with Gasteiger partial charge in [-0.05, 0) is 0 Å². The van der Waals surface area contributed by atoms with Crippen LogP contribution in [-0.2, 0) is 9.53 Å². The predicted molar refractivity (Wildman–Crippen MR) is 31.1 cm³/mol. The predicted octanol–water partition coefficient (Wildman–Crippen LogP) is 0.556. The van der Waals surface area contributed by atoms with Gasteiger partial charge in [-0.15, -0.1) is 0 Å². The summed E-state index contributed by atoms with van der Waals surface area (Å²) in [5.41, 5.74) is 0.818. The van der Waals surface area contributed by atoms with Crippen molar-refractivity contribution in [2.45, 2.75) is 0 Å². The number of rotatable bonds is 4. The standard InChI is InChI=1S/C4H8O2S/c1-6-2-3-7-4-5/h4H,2-3H2,1H3. The molecular formula is C4H8O2S. The largest absolute Gasteiger partial charge is 0.384 e. The average Bonchev–Trinajstić information content (AvgIpc) is 1.69. The van der Waals surface area contributed by atoms with Crippen LogP contribution in [0.1, 0.15) is 0 Å². The Morgan fingerprint density at radius 3 is 3.00 bits per heavy atom. The van der Waals surface area contributed by atoms with Crippen LogP contribution in [-0.4, -0.2) is 25.1 Å². The summed E-state index contributed by atoms with van der Waals surface area (Å²) in [4.78, 5) is 9.59. The quantitative estimate of drug-likeness (QED) is 0.400. The van der Waals surface area contributed by atoms with E-state index in [0.29, 0.717) is 6.61 Å². The zero-order valence-electron chi connectivity index (χ0n) is 4.22. The lowest BCUT2D eigenvalue weighted by molar-refractivity contribution is 0.219. The molecule has 0 atom stereocenters. The Bertz CT molecular complexity index is 47.0. The van der Waals surface area contributed by atoms with Gasteiger partial charge in [0.25, 0.3) is 0 Å². The van der Waals surface area contributed by atoms with Crippen LogP contribution in [0.3, 0.4) is 0 Å². The van der Waals surface area contributed by atoms with E-state index in [9.17, 15) is 4.79 Å². The summed E-state index contributed by atoms with van der Waals surface area (Å²) < 4.78 is 4.66. The zero-order valence-corrected chi connectivity index (χ0v) is 5.03. The molecule has 0 N–H and O–H groups in total. The van der Waals surface area contributed by atoms with E-state index in [0.717, 1.165) is 11.4 Å². The number of carbonyl (C=O) groups is 1. The highest BCUT2D eigenvalue weighted by Crippen LogP contribution is 1.89. The van der Waals surface area contributed by atoms with Gasteiger partial charge in [0.2, 0.25) is 0 Å². The summed E-state index contributed by atoms with van der Waals surface area (Å²) in [6.07, 6.45) is 0. The second-order valence-corrected chi connectivity index (χ2v) is 1.89. The minimum atomic E-state index is 0.656. The zero-order chi connectivity index (χ0) is 5.54. The molecule has 3 heteroatoms. The van der Waals surface area contributed by atoms with Crippen LogP contribution >= 0.6 is 11.8 Å². The second-order valence-electron chi connectivity index (χ2n) is 0.960. The highest BCUT2D eigenvalue weighted by Gasteiger charge is 1.79. The highest BCUT2D eigenvalue weighted by molar-refractivity contribution is 8.11. The lowest BCUT2D eigenvalue weighted by Crippen LogP contribution is -1.89. The molecule has 0 saturated heterocycles. The van der Waals surface area contributed by atoms with E-state index >= 15 is 0 Å². The van der Waals surface area contributed by atoms with Gasteiger partial charge in [-0.25, -0.2) is 0 Å². The van der Waals surface area contributed by atoms with Gasteiger partial charge in [-0.2, -0.15) is 0 Å². The molecular weight excluding hydrogens is 112 g/mol. The van der Waals surface area contributed by atoms with Crippen molar-refractivity contribution < 1.29 is 9.53 Å². The minimum Gasteiger partial charge on any atom is -0.384 e. The van der Waals surface area contributed by atoms with E-state index < -0.39 is 0 Å². The molecule has 0 saturated carbocycles. The summed E-state index contributed by atoms with van der Waals surface area (Å²) in [6.45, 7) is 0.656. The molecule has 0 aliphatic rings. The molecule has 42 valence electrons. The Morgan fingerprint density at radius 2 is 2.57 bits per heavy atom. The molecule has 0 amide bonds. The van der Waals surface area contributed by atoms with Crippen LogP contribution in [0, 0.1) is 0 Å². The lowest BCUT2D eigenvalue weighted by Gasteiger charge is -1.88. The summed E-state index contributed by atoms with van der Waals surface area (Å²) in [6, 6.07) is 0. The molecule has 0 bridgehead atoms. The monoisotopic (exact) mass is 120 g/mol. The van der Waals surface area contributed by atoms with Crippen LogP contribution in [0.5, 0.6) is 0 Å². The fraction of sp³-hybridized carbons (Fsp3) is 0.750. The molecule has 0 unspecified atom stereocenters. The topological polar surface area (TPSA) is 26.3 Å². The molecule has 0 aromatic heterocycles. The summed E-state index contributed by atoms with van der Waals surface area (Å²) in [5, 5.41) is 0. The van der Waals surface area contributed by atoms with Crippen LogP contribution in [0.4, 0.5) is 0 Å². The summed E-state index contributed by atoms with van der Waals surface area (Å²) in [5.74, 6) is 0.764. The Hall–Kier alpha value is -0.0200. The third-order valence-electron chi connectivity index (χ3n) is 0.473. The molecule has 0 aliphatic carbocycles. The van der Waals surface area contributed by atoms with E-state index in [-0.39, 0.29) is 0 Å². The van der Waals surface area contributed by atoms with Crippen LogP contribution in [0.2, 0.25) is 0 Å². The second kappa shape index (κ2) is 5.98. The third kappa shape index (κ3) is 5.98. The molecule has 7 heavy (non-hydrogen) atoms. The highest BCUT2D eigenvalue weighted by atomic mass is 32.2. The first-order valence-corrected chi connectivity index (χ1v) is 3.01. The van der Waals surface area contributed by atoms with Crippen LogP contribution in [0.15, 0.2) is 0 Å². The molecule has 0 aliphatic heterocycles. The minimum absolute atomic E-state index is 0.656. The van der Waals surface area contributed by atoms with Crippen molar-refractivity contribution in [2.24, 2.45) is 0 Å². The molecule has 2 nitrogen and oxygen atoms in total. The Balaban J connectivity index is 2.56.